The van der Waals surface area contributed by atoms with Gasteiger partial charge in [-0.1, -0.05) is 115 Å². The van der Waals surface area contributed by atoms with E-state index < -0.39 is 12.2 Å². The van der Waals surface area contributed by atoms with Gasteiger partial charge in [-0.25, -0.2) is 0 Å². The van der Waals surface area contributed by atoms with Crippen molar-refractivity contribution in [3.05, 3.63) is 71.8 Å². The van der Waals surface area contributed by atoms with Crippen molar-refractivity contribution in [3.63, 3.8) is 0 Å². The number of carbonyl (C=O) groups is 2. The van der Waals surface area contributed by atoms with Crippen molar-refractivity contribution in [2.75, 3.05) is 18.6 Å². The molecule has 8 atom stereocenters. The summed E-state index contributed by atoms with van der Waals surface area (Å²) in [6.45, 7) is 13.0. The molecule has 6 nitrogen and oxygen atoms in total. The zero-order valence-corrected chi connectivity index (χ0v) is 31.9. The summed E-state index contributed by atoms with van der Waals surface area (Å²) in [5.74, 6) is 3.19. The van der Waals surface area contributed by atoms with Gasteiger partial charge in [-0.2, -0.15) is 0 Å². The van der Waals surface area contributed by atoms with Crippen LogP contribution in [0.4, 0.5) is 0 Å². The molecule has 0 spiro atoms. The van der Waals surface area contributed by atoms with Crippen molar-refractivity contribution in [1.29, 1.82) is 0 Å². The average Bonchev–Trinajstić information content (AvgIpc) is 3.08. The van der Waals surface area contributed by atoms with E-state index in [0.717, 1.165) is 30.4 Å². The number of hydrogen-bond acceptors (Lipinski definition) is 6. The quantitative estimate of drug-likeness (QED) is 0.135. The van der Waals surface area contributed by atoms with Crippen molar-refractivity contribution < 1.29 is 29.6 Å². The monoisotopic (exact) mass is 728 g/mol. The molecular formula is C39H59Cl3O6. The van der Waals surface area contributed by atoms with E-state index in [1.165, 1.54) is 19.3 Å². The van der Waals surface area contributed by atoms with Gasteiger partial charge in [0.1, 0.15) is 18.8 Å². The summed E-state index contributed by atoms with van der Waals surface area (Å²) in [4.78, 5) is 23.7. The number of esters is 1. The van der Waals surface area contributed by atoms with Gasteiger partial charge in [-0.15, -0.1) is 23.2 Å². The number of alkyl halides is 2. The topological polar surface area (TPSA) is 104 Å². The van der Waals surface area contributed by atoms with Gasteiger partial charge in [0.25, 0.3) is 0 Å². The summed E-state index contributed by atoms with van der Waals surface area (Å²) in [5.41, 5.74) is 1.54. The molecule has 0 aliphatic heterocycles. The molecule has 0 bridgehead atoms. The zero-order valence-electron chi connectivity index (χ0n) is 29.6. The first-order chi connectivity index (χ1) is 22.8. The first kappa shape index (κ1) is 44.4. The Kier molecular flexibility index (Phi) is 22.6. The molecule has 2 saturated carbocycles. The van der Waals surface area contributed by atoms with Gasteiger partial charge < -0.3 is 20.1 Å². The van der Waals surface area contributed by atoms with Crippen LogP contribution < -0.4 is 0 Å². The third-order valence-corrected chi connectivity index (χ3v) is 9.84. The van der Waals surface area contributed by atoms with E-state index in [1.54, 1.807) is 12.1 Å². The first-order valence-corrected chi connectivity index (χ1v) is 18.8. The number of halogens is 3. The highest BCUT2D eigenvalue weighted by Crippen LogP contribution is 2.40. The van der Waals surface area contributed by atoms with E-state index in [4.69, 9.17) is 49.8 Å². The molecule has 272 valence electrons. The Morgan fingerprint density at radius 1 is 0.729 bits per heavy atom. The van der Waals surface area contributed by atoms with Crippen LogP contribution in [0.1, 0.15) is 103 Å². The van der Waals surface area contributed by atoms with E-state index in [-0.39, 0.29) is 41.6 Å². The van der Waals surface area contributed by atoms with Crippen molar-refractivity contribution in [3.8, 4) is 0 Å². The van der Waals surface area contributed by atoms with Crippen molar-refractivity contribution in [2.45, 2.75) is 92.3 Å². The lowest BCUT2D eigenvalue weighted by atomic mass is 9.70. The van der Waals surface area contributed by atoms with Gasteiger partial charge in [0.15, 0.2) is 0 Å². The molecule has 2 aliphatic rings. The molecule has 3 N–H and O–H groups in total. The Balaban J connectivity index is 0.000000375. The minimum absolute atomic E-state index is 0.0216. The molecule has 4 rings (SSSR count). The largest absolute Gasteiger partial charge is 0.462 e. The number of rotatable bonds is 9. The molecule has 2 fully saturated rings. The number of aliphatic hydroxyl groups excluding tert-OH is 3. The Morgan fingerprint density at radius 3 is 1.52 bits per heavy atom. The summed E-state index contributed by atoms with van der Waals surface area (Å²) in [7, 11) is 0. The highest BCUT2D eigenvalue weighted by atomic mass is 35.5. The Bertz CT molecular complexity index is 1130. The van der Waals surface area contributed by atoms with Gasteiger partial charge in [0.2, 0.25) is 5.24 Å². The zero-order chi connectivity index (χ0) is 36.2. The maximum absolute atomic E-state index is 12.5. The van der Waals surface area contributed by atoms with Crippen LogP contribution in [0.5, 0.6) is 0 Å². The van der Waals surface area contributed by atoms with Crippen molar-refractivity contribution >= 4 is 46.0 Å². The molecule has 2 aromatic carbocycles. The van der Waals surface area contributed by atoms with Crippen molar-refractivity contribution in [2.24, 2.45) is 47.3 Å². The molecule has 0 unspecified atom stereocenters. The lowest BCUT2D eigenvalue weighted by Gasteiger charge is -2.35. The summed E-state index contributed by atoms with van der Waals surface area (Å²) in [5, 5.41) is 27.8. The van der Waals surface area contributed by atoms with E-state index in [9.17, 15) is 14.7 Å². The lowest BCUT2D eigenvalue weighted by Crippen LogP contribution is -2.35. The number of benzene rings is 2. The predicted molar refractivity (Wildman–Crippen MR) is 198 cm³/mol. The fourth-order valence-electron chi connectivity index (χ4n) is 6.76. The van der Waals surface area contributed by atoms with E-state index >= 15 is 0 Å². The van der Waals surface area contributed by atoms with Gasteiger partial charge in [0.05, 0.1) is 17.9 Å². The van der Waals surface area contributed by atoms with Crippen LogP contribution in [0, 0.1) is 47.3 Å². The second-order valence-electron chi connectivity index (χ2n) is 13.9. The second-order valence-corrected chi connectivity index (χ2v) is 15.1. The Hall–Kier alpha value is -1.67. The molecule has 0 aromatic heterocycles. The van der Waals surface area contributed by atoms with Crippen LogP contribution in [0.2, 0.25) is 0 Å². The normalized spacial score (nSPS) is 24.8. The summed E-state index contributed by atoms with van der Waals surface area (Å²) in [6, 6.07) is 18.4. The Morgan fingerprint density at radius 2 is 1.12 bits per heavy atom. The standard InChI is InChI=1S/C19H28O3.C11H19ClO.C8H10O2.CH2Cl2/c1-13(2)16-10-9-14(3)11-17(16)19(21)22-12-18(20)15-7-5-4-6-8-15;1-7(2)9-5-4-8(3)6-10(9)11(12)13;9-6-8(10)7-4-2-1-3-5-7;2-1-3/h4-8,13-14,16-18,20H,9-12H2,1-3H3;7-10H,4-6H2,1-3H3;1-5,8-10H,6H2;1H2/t14-,16+,17-,18-;8-,9+,10-;8-;/m111./s1. The summed E-state index contributed by atoms with van der Waals surface area (Å²) >= 11 is 15.1. The highest BCUT2D eigenvalue weighted by molar-refractivity contribution is 6.64. The molecule has 0 saturated heterocycles. The molecule has 0 radical (unpaired) electrons. The number of ether oxygens (including phenoxy) is 1. The van der Waals surface area contributed by atoms with Crippen LogP contribution in [-0.4, -0.2) is 45.1 Å². The van der Waals surface area contributed by atoms with Gasteiger partial charge in [-0.3, -0.25) is 9.59 Å². The number of carbonyl (C=O) groups excluding carboxylic acids is 2. The van der Waals surface area contributed by atoms with E-state index in [1.807, 2.05) is 48.5 Å². The van der Waals surface area contributed by atoms with Gasteiger partial charge in [-0.05, 0) is 83.9 Å². The lowest BCUT2D eigenvalue weighted by molar-refractivity contribution is -0.156. The molecule has 48 heavy (non-hydrogen) atoms. The molecule has 9 heteroatoms. The minimum atomic E-state index is -0.747. The number of aliphatic hydroxyl groups is 3. The molecule has 0 amide bonds. The van der Waals surface area contributed by atoms with E-state index in [0.29, 0.717) is 35.5 Å². The molecule has 2 aliphatic carbocycles. The Labute approximate surface area is 304 Å². The third-order valence-electron chi connectivity index (χ3n) is 9.56. The summed E-state index contributed by atoms with van der Waals surface area (Å²) in [6.07, 6.45) is 5.13. The number of hydrogen-bond donors (Lipinski definition) is 3. The van der Waals surface area contributed by atoms with Crippen LogP contribution in [-0.2, 0) is 14.3 Å². The average molecular weight is 730 g/mol. The third kappa shape index (κ3) is 16.4. The predicted octanol–water partition coefficient (Wildman–Crippen LogP) is 9.57. The SMILES string of the molecule is CC(C)[C@@H]1CC[C@@H](C)C[C@H]1C(=O)Cl.CC(C)[C@@H]1CC[C@@H](C)C[C@H]1C(=O)OC[C@@H](O)c1ccccc1.ClCCl.OC[C@@H](O)c1ccccc1. The van der Waals surface area contributed by atoms with Crippen LogP contribution >= 0.6 is 34.8 Å². The maximum Gasteiger partial charge on any atom is 0.309 e. The molecular weight excluding hydrogens is 671 g/mol. The van der Waals surface area contributed by atoms with Gasteiger partial charge in [0, 0.05) is 5.92 Å². The van der Waals surface area contributed by atoms with Crippen LogP contribution in [0.25, 0.3) is 0 Å². The second kappa shape index (κ2) is 24.5. The summed E-state index contributed by atoms with van der Waals surface area (Å²) < 4.78 is 5.44. The first-order valence-electron chi connectivity index (χ1n) is 17.3. The van der Waals surface area contributed by atoms with Crippen LogP contribution in [0.15, 0.2) is 60.7 Å². The van der Waals surface area contributed by atoms with Crippen LogP contribution in [0.3, 0.4) is 0 Å². The molecule has 0 heterocycles. The smallest absolute Gasteiger partial charge is 0.309 e. The van der Waals surface area contributed by atoms with E-state index in [2.05, 4.69) is 41.5 Å². The van der Waals surface area contributed by atoms with Gasteiger partial charge >= 0.3 is 5.97 Å². The molecule has 2 aromatic rings. The highest BCUT2D eigenvalue weighted by Gasteiger charge is 2.37. The van der Waals surface area contributed by atoms with Crippen molar-refractivity contribution in [1.82, 2.24) is 0 Å². The fraction of sp³-hybridized carbons (Fsp3) is 0.641. The maximum atomic E-state index is 12.5. The minimum Gasteiger partial charge on any atom is -0.462 e. The fourth-order valence-corrected chi connectivity index (χ4v) is 7.01.